The molecule has 1 fully saturated rings. The van der Waals surface area contributed by atoms with Crippen molar-refractivity contribution < 1.29 is 23.2 Å². The lowest BCUT2D eigenvalue weighted by Crippen LogP contribution is -3.00. The second-order valence-electron chi connectivity index (χ2n) is 4.56. The normalized spacial score (nSPS) is 18.5. The van der Waals surface area contributed by atoms with Crippen molar-refractivity contribution in [3.05, 3.63) is 23.2 Å². The largest absolute Gasteiger partial charge is 1.00 e. The van der Waals surface area contributed by atoms with Crippen LogP contribution >= 0.6 is 23.1 Å². The molecule has 1 aromatic heterocycles. The van der Waals surface area contributed by atoms with E-state index in [1.807, 2.05) is 17.8 Å². The van der Waals surface area contributed by atoms with E-state index in [-0.39, 0.29) is 17.9 Å². The van der Waals surface area contributed by atoms with Gasteiger partial charge in [-0.3, -0.25) is 0 Å². The van der Waals surface area contributed by atoms with Crippen molar-refractivity contribution in [1.82, 2.24) is 4.98 Å². The number of halogens is 1. The van der Waals surface area contributed by atoms with Gasteiger partial charge in [-0.15, -0.1) is 11.3 Å². The van der Waals surface area contributed by atoms with E-state index in [1.165, 1.54) is 11.5 Å². The summed E-state index contributed by atoms with van der Waals surface area (Å²) in [7, 11) is 0. The van der Waals surface area contributed by atoms with Crippen LogP contribution < -0.4 is 18.1 Å². The van der Waals surface area contributed by atoms with Crippen LogP contribution in [0.15, 0.2) is 18.2 Å². The Bertz CT molecular complexity index is 552. The minimum Gasteiger partial charge on any atom is -1.00 e. The lowest BCUT2D eigenvalue weighted by atomic mass is 9.95. The number of hydrogen-bond acceptors (Lipinski definition) is 4. The van der Waals surface area contributed by atoms with Gasteiger partial charge in [0.15, 0.2) is 5.01 Å². The number of fused-ring (bicyclic) bond motifs is 1. The van der Waals surface area contributed by atoms with Crippen molar-refractivity contribution >= 4 is 33.3 Å². The third-order valence-electron chi connectivity index (χ3n) is 3.28. The second kappa shape index (κ2) is 5.25. The molecule has 0 bridgehead atoms. The van der Waals surface area contributed by atoms with Crippen molar-refractivity contribution in [2.24, 2.45) is 0 Å². The molecule has 0 spiro atoms. The Kier molecular flexibility index (Phi) is 4.06. The Morgan fingerprint density at radius 1 is 1.28 bits per heavy atom. The van der Waals surface area contributed by atoms with Crippen LogP contribution in [-0.2, 0) is 5.54 Å². The van der Waals surface area contributed by atoms with Crippen molar-refractivity contribution in [2.45, 2.75) is 18.4 Å². The predicted octanol–water partition coefficient (Wildman–Crippen LogP) is -1.03. The topological polar surface area (TPSA) is 60.8 Å². The third-order valence-corrected chi connectivity index (χ3v) is 5.53. The molecule has 2 heterocycles. The first kappa shape index (κ1) is 13.9. The quantitative estimate of drug-likeness (QED) is 0.708. The van der Waals surface area contributed by atoms with E-state index < -0.39 is 0 Å². The van der Waals surface area contributed by atoms with Crippen LogP contribution in [0.5, 0.6) is 5.75 Å². The Hall–Kier alpha value is -0.490. The lowest BCUT2D eigenvalue weighted by molar-refractivity contribution is -0.490. The number of nitrogens with zero attached hydrogens (tertiary/aromatic N) is 1. The number of aromatic hydroxyl groups is 1. The van der Waals surface area contributed by atoms with Crippen LogP contribution in [-0.4, -0.2) is 21.6 Å². The summed E-state index contributed by atoms with van der Waals surface area (Å²) in [6, 6.07) is 5.36. The minimum absolute atomic E-state index is 0. The molecule has 0 aliphatic carbocycles. The van der Waals surface area contributed by atoms with Crippen molar-refractivity contribution in [2.75, 3.05) is 11.5 Å². The summed E-state index contributed by atoms with van der Waals surface area (Å²) in [5, 5.41) is 10.6. The molecule has 1 aromatic carbocycles. The maximum absolute atomic E-state index is 9.47. The van der Waals surface area contributed by atoms with E-state index in [1.54, 1.807) is 23.5 Å². The second-order valence-corrected chi connectivity index (χ2v) is 6.82. The number of aromatic nitrogens is 1. The highest BCUT2D eigenvalue weighted by Crippen LogP contribution is 2.36. The molecule has 1 aliphatic rings. The number of hydrogen-bond donors (Lipinski definition) is 2. The third kappa shape index (κ3) is 2.45. The number of rotatable bonds is 1. The fraction of sp³-hybridized carbons (Fsp3) is 0.417. The Morgan fingerprint density at radius 2 is 2.00 bits per heavy atom. The van der Waals surface area contributed by atoms with Crippen LogP contribution in [0.4, 0.5) is 0 Å². The summed E-state index contributed by atoms with van der Waals surface area (Å²) in [6.45, 7) is 0. The zero-order chi connectivity index (χ0) is 11.9. The Balaban J connectivity index is 0.00000120. The molecular formula is C12H15ClN2OS2. The van der Waals surface area contributed by atoms with E-state index in [4.69, 9.17) is 0 Å². The first-order chi connectivity index (χ1) is 8.17. The van der Waals surface area contributed by atoms with Gasteiger partial charge in [-0.2, -0.15) is 11.8 Å². The Labute approximate surface area is 120 Å². The van der Waals surface area contributed by atoms with Gasteiger partial charge in [0.2, 0.25) is 0 Å². The van der Waals surface area contributed by atoms with Crippen molar-refractivity contribution in [1.29, 1.82) is 0 Å². The molecular weight excluding hydrogens is 288 g/mol. The van der Waals surface area contributed by atoms with Gasteiger partial charge < -0.3 is 23.2 Å². The molecule has 3 rings (SSSR count). The van der Waals surface area contributed by atoms with Crippen LogP contribution in [0, 0.1) is 0 Å². The summed E-state index contributed by atoms with van der Waals surface area (Å²) < 4.78 is 1.06. The molecule has 18 heavy (non-hydrogen) atoms. The van der Waals surface area contributed by atoms with Crippen molar-refractivity contribution in [3.63, 3.8) is 0 Å². The minimum atomic E-state index is -0.00937. The molecule has 1 aliphatic heterocycles. The van der Waals surface area contributed by atoms with Crippen LogP contribution in [0.2, 0.25) is 0 Å². The van der Waals surface area contributed by atoms with Crippen molar-refractivity contribution in [3.8, 4) is 5.75 Å². The zero-order valence-electron chi connectivity index (χ0n) is 9.86. The number of phenolic OH excluding ortho intramolecular Hbond substituents is 1. The summed E-state index contributed by atoms with van der Waals surface area (Å²) in [4.78, 5) is 4.68. The number of benzene rings is 1. The van der Waals surface area contributed by atoms with Gasteiger partial charge in [-0.25, -0.2) is 4.98 Å². The van der Waals surface area contributed by atoms with E-state index in [0.717, 1.165) is 28.1 Å². The molecule has 0 saturated carbocycles. The summed E-state index contributed by atoms with van der Waals surface area (Å²) in [5.74, 6) is 2.65. The molecule has 0 atom stereocenters. The standard InChI is InChI=1S/C12H14N2OS2.ClH/c13-12(3-5-16-6-4-12)11-14-9-2-1-8(15)7-10(9)17-11;/h1-2,7,15H,3-6,13H2;1H. The van der Waals surface area contributed by atoms with Gasteiger partial charge in [0.1, 0.15) is 11.3 Å². The van der Waals surface area contributed by atoms with Crippen LogP contribution in [0.3, 0.4) is 0 Å². The molecule has 1 saturated heterocycles. The van der Waals surface area contributed by atoms with E-state index >= 15 is 0 Å². The Morgan fingerprint density at radius 3 is 2.72 bits per heavy atom. The van der Waals surface area contributed by atoms with E-state index in [0.29, 0.717) is 5.75 Å². The van der Waals surface area contributed by atoms with Gasteiger partial charge in [0, 0.05) is 12.8 Å². The zero-order valence-corrected chi connectivity index (χ0v) is 12.2. The summed E-state index contributed by atoms with van der Waals surface area (Å²) >= 11 is 3.67. The van der Waals surface area contributed by atoms with Gasteiger partial charge in [-0.05, 0) is 29.7 Å². The molecule has 4 N–H and O–H groups in total. The highest BCUT2D eigenvalue weighted by molar-refractivity contribution is 7.99. The van der Waals surface area contributed by atoms with E-state index in [9.17, 15) is 5.11 Å². The molecule has 3 nitrogen and oxygen atoms in total. The summed E-state index contributed by atoms with van der Waals surface area (Å²) in [6.07, 6.45) is 2.20. The smallest absolute Gasteiger partial charge is 0.154 e. The first-order valence-electron chi connectivity index (χ1n) is 5.71. The summed E-state index contributed by atoms with van der Waals surface area (Å²) in [5.41, 5.74) is 5.36. The highest BCUT2D eigenvalue weighted by Gasteiger charge is 2.36. The van der Waals surface area contributed by atoms with Gasteiger partial charge in [0.05, 0.1) is 10.2 Å². The molecule has 98 valence electrons. The number of thioether (sulfide) groups is 1. The first-order valence-corrected chi connectivity index (χ1v) is 7.68. The maximum atomic E-state index is 9.47. The number of quaternary nitrogens is 1. The SMILES string of the molecule is [Cl-].[NH3+]C1(c2nc3ccc(O)cc3s2)CCSCC1. The number of phenols is 1. The number of thiazole rings is 1. The van der Waals surface area contributed by atoms with Gasteiger partial charge in [0.25, 0.3) is 0 Å². The highest BCUT2D eigenvalue weighted by atomic mass is 35.5. The molecule has 6 heteroatoms. The van der Waals surface area contributed by atoms with Crippen LogP contribution in [0.1, 0.15) is 17.8 Å². The average Bonchev–Trinajstić information content (AvgIpc) is 2.73. The fourth-order valence-corrected chi connectivity index (χ4v) is 4.56. The molecule has 2 aromatic rings. The van der Waals surface area contributed by atoms with Gasteiger partial charge >= 0.3 is 0 Å². The monoisotopic (exact) mass is 302 g/mol. The van der Waals surface area contributed by atoms with Crippen LogP contribution in [0.25, 0.3) is 10.2 Å². The predicted molar refractivity (Wildman–Crippen MR) is 72.4 cm³/mol. The van der Waals surface area contributed by atoms with Gasteiger partial charge in [-0.1, -0.05) is 0 Å². The molecule has 0 radical (unpaired) electrons. The molecule has 0 unspecified atom stereocenters. The molecule has 0 amide bonds. The fourth-order valence-electron chi connectivity index (χ4n) is 2.12. The maximum Gasteiger partial charge on any atom is 0.154 e. The average molecular weight is 303 g/mol. The lowest BCUT2D eigenvalue weighted by Gasteiger charge is -2.27. The van der Waals surface area contributed by atoms with E-state index in [2.05, 4.69) is 10.7 Å².